The van der Waals surface area contributed by atoms with Gasteiger partial charge in [0, 0.05) is 51.7 Å². The van der Waals surface area contributed by atoms with Gasteiger partial charge in [0.05, 0.1) is 6.04 Å². The fraction of sp³-hybridized carbons (Fsp3) is 0.789. The van der Waals surface area contributed by atoms with Gasteiger partial charge in [-0.05, 0) is 45.4 Å². The van der Waals surface area contributed by atoms with Crippen LogP contribution in [0.15, 0.2) is 0 Å². The lowest BCUT2D eigenvalue weighted by atomic mass is 10.0. The highest BCUT2D eigenvalue weighted by Crippen LogP contribution is 2.14. The van der Waals surface area contributed by atoms with E-state index in [1.165, 1.54) is 26.4 Å². The topological polar surface area (TPSA) is 295 Å². The van der Waals surface area contributed by atoms with Crippen LogP contribution in [0, 0.1) is 0 Å². The van der Waals surface area contributed by atoms with Crippen LogP contribution in [0.5, 0.6) is 0 Å². The van der Waals surface area contributed by atoms with Crippen molar-refractivity contribution < 1.29 is 68.6 Å². The molecule has 0 rings (SSSR count). The number of carboxylic acid groups (broad SMARTS) is 3. The van der Waals surface area contributed by atoms with Crippen molar-refractivity contribution in [3.8, 4) is 0 Å². The molecule has 0 aliphatic heterocycles. The molecule has 4 amide bonds. The first-order valence-corrected chi connectivity index (χ1v) is 19.8. The quantitative estimate of drug-likeness (QED) is 0.0325. The third-order valence-corrected chi connectivity index (χ3v) is 9.19. The number of ether oxygens (including phenoxy) is 1. The summed E-state index contributed by atoms with van der Waals surface area (Å²) in [5, 5.41) is 56.5. The molecule has 9 N–H and O–H groups in total. The zero-order valence-electron chi connectivity index (χ0n) is 33.1. The molecule has 0 saturated carbocycles. The number of methoxy groups -OCH3 is 1. The number of aliphatic carboxylic acids is 3. The van der Waals surface area contributed by atoms with Gasteiger partial charge in [-0.25, -0.2) is 9.59 Å². The monoisotopic (exact) mass is 802 g/mol. The maximum atomic E-state index is 12.7. The van der Waals surface area contributed by atoms with Crippen LogP contribution >= 0.6 is 0 Å². The molecule has 0 heterocycles. The Morgan fingerprint density at radius 3 is 1.34 bits per heavy atom. The van der Waals surface area contributed by atoms with Gasteiger partial charge in [0.1, 0.15) is 18.7 Å². The molecule has 0 aromatic rings. The molecule has 56 heavy (non-hydrogen) atoms. The number of ketones is 1. The number of aliphatic hydroxyl groups is 2. The van der Waals surface area contributed by atoms with Gasteiger partial charge >= 0.3 is 17.9 Å². The molecule has 0 aliphatic carbocycles. The summed E-state index contributed by atoms with van der Waals surface area (Å²) >= 11 is 0. The van der Waals surface area contributed by atoms with Crippen molar-refractivity contribution in [1.29, 1.82) is 0 Å². The van der Waals surface area contributed by atoms with Gasteiger partial charge in [-0.2, -0.15) is 0 Å². The average molecular weight is 803 g/mol. The number of rotatable bonds is 36. The van der Waals surface area contributed by atoms with Crippen LogP contribution in [0.3, 0.4) is 0 Å². The van der Waals surface area contributed by atoms with Crippen LogP contribution in [-0.4, -0.2) is 117 Å². The van der Waals surface area contributed by atoms with Crippen LogP contribution in [0.2, 0.25) is 0 Å². The summed E-state index contributed by atoms with van der Waals surface area (Å²) < 4.78 is 4.92. The predicted octanol–water partition coefficient (Wildman–Crippen LogP) is 2.31. The minimum absolute atomic E-state index is 0.00886. The van der Waals surface area contributed by atoms with Gasteiger partial charge in [-0.15, -0.1) is 0 Å². The standard InChI is InChI=1S/C38H66N4O14/c1-26(39-31(45)15-13-11-9-7-5-3-4-6-8-10-12-14-16-35(49)50)17-22-32(46)42-30(38(55)56-2)21-24-34(48)41-29(37(53)54)20-23-33(47)40-28(36(51)52)19-18-27(44)25-43/h26,28-30,38,43,55H,3-25H2,1-2H3,(H,39,45)(H,40,47)(H,41,48)(H,42,46)(H,49,50)(H,51,52)(H,53,54)/t26-,28+,29+,30+,38?/m1/s1. The number of nitrogens with one attached hydrogen (secondary N) is 4. The molecule has 5 atom stereocenters. The van der Waals surface area contributed by atoms with Gasteiger partial charge < -0.3 is 51.5 Å². The van der Waals surface area contributed by atoms with Crippen molar-refractivity contribution in [1.82, 2.24) is 21.3 Å². The van der Waals surface area contributed by atoms with E-state index < -0.39 is 78.9 Å². The zero-order valence-corrected chi connectivity index (χ0v) is 33.1. The van der Waals surface area contributed by atoms with Crippen LogP contribution in [0.1, 0.15) is 148 Å². The fourth-order valence-corrected chi connectivity index (χ4v) is 5.82. The van der Waals surface area contributed by atoms with E-state index in [1.54, 1.807) is 6.92 Å². The molecule has 0 spiro atoms. The van der Waals surface area contributed by atoms with Gasteiger partial charge in [0.25, 0.3) is 0 Å². The number of aliphatic hydroxyl groups excluding tert-OH is 2. The first kappa shape index (κ1) is 51.8. The Bertz CT molecular complexity index is 1220. The number of carbonyl (C=O) groups excluding carboxylic acids is 5. The van der Waals surface area contributed by atoms with Crippen LogP contribution < -0.4 is 21.3 Å². The normalized spacial score (nSPS) is 13.7. The third-order valence-electron chi connectivity index (χ3n) is 9.19. The largest absolute Gasteiger partial charge is 0.481 e. The highest BCUT2D eigenvalue weighted by atomic mass is 16.6. The first-order chi connectivity index (χ1) is 26.6. The summed E-state index contributed by atoms with van der Waals surface area (Å²) in [6.07, 6.45) is 10.2. The third kappa shape index (κ3) is 28.3. The highest BCUT2D eigenvalue weighted by Gasteiger charge is 2.26. The second-order valence-corrected chi connectivity index (χ2v) is 14.2. The molecule has 0 saturated heterocycles. The number of carboxylic acids is 3. The van der Waals surface area contributed by atoms with E-state index in [0.717, 1.165) is 57.8 Å². The summed E-state index contributed by atoms with van der Waals surface area (Å²) in [5.74, 6) is -6.34. The number of hydrogen-bond acceptors (Lipinski definition) is 11. The van der Waals surface area contributed by atoms with Crippen molar-refractivity contribution in [3.05, 3.63) is 0 Å². The molecule has 0 aromatic heterocycles. The second-order valence-electron chi connectivity index (χ2n) is 14.2. The van der Waals surface area contributed by atoms with Gasteiger partial charge in [0.15, 0.2) is 12.1 Å². The lowest BCUT2D eigenvalue weighted by molar-refractivity contribution is -0.143. The first-order valence-electron chi connectivity index (χ1n) is 19.8. The summed E-state index contributed by atoms with van der Waals surface area (Å²) in [7, 11) is 1.20. The highest BCUT2D eigenvalue weighted by molar-refractivity contribution is 5.87. The Labute approximate surface area is 329 Å². The molecule has 0 bridgehead atoms. The van der Waals surface area contributed by atoms with Crippen LogP contribution in [0.25, 0.3) is 0 Å². The minimum Gasteiger partial charge on any atom is -0.481 e. The van der Waals surface area contributed by atoms with E-state index in [-0.39, 0.29) is 56.9 Å². The Morgan fingerprint density at radius 1 is 0.500 bits per heavy atom. The summed E-state index contributed by atoms with van der Waals surface area (Å²) in [6, 6.07) is -4.25. The van der Waals surface area contributed by atoms with Crippen LogP contribution in [0.4, 0.5) is 0 Å². The molecular formula is C38H66N4O14. The van der Waals surface area contributed by atoms with Crippen molar-refractivity contribution in [2.45, 2.75) is 179 Å². The van der Waals surface area contributed by atoms with E-state index in [1.807, 2.05) is 0 Å². The van der Waals surface area contributed by atoms with E-state index >= 15 is 0 Å². The number of carbonyl (C=O) groups is 8. The maximum absolute atomic E-state index is 12.7. The minimum atomic E-state index is -1.51. The van der Waals surface area contributed by atoms with Crippen molar-refractivity contribution >= 4 is 47.3 Å². The number of Topliss-reactive ketones (excluding diaryl/α,β-unsaturated/α-hetero) is 1. The Balaban J connectivity index is 4.45. The van der Waals surface area contributed by atoms with Crippen molar-refractivity contribution in [2.75, 3.05) is 13.7 Å². The van der Waals surface area contributed by atoms with E-state index in [4.69, 9.17) is 14.9 Å². The SMILES string of the molecule is COC(O)[C@H](CCC(=O)N[C@@H](CCC(=O)N[C@@H](CCC(=O)CO)C(=O)O)C(=O)O)NC(=O)CC[C@@H](C)NC(=O)CCCCCCCCCCCCCCC(=O)O. The van der Waals surface area contributed by atoms with Gasteiger partial charge in [-0.1, -0.05) is 64.2 Å². The molecule has 0 radical (unpaired) electrons. The molecule has 18 nitrogen and oxygen atoms in total. The zero-order chi connectivity index (χ0) is 42.3. The smallest absolute Gasteiger partial charge is 0.326 e. The van der Waals surface area contributed by atoms with E-state index in [2.05, 4.69) is 21.3 Å². The number of amides is 4. The lowest BCUT2D eigenvalue weighted by Crippen LogP contribution is -2.46. The predicted molar refractivity (Wildman–Crippen MR) is 203 cm³/mol. The summed E-state index contributed by atoms with van der Waals surface area (Å²) in [4.78, 5) is 94.8. The summed E-state index contributed by atoms with van der Waals surface area (Å²) in [5.41, 5.74) is 0. The Morgan fingerprint density at radius 2 is 0.893 bits per heavy atom. The molecule has 322 valence electrons. The van der Waals surface area contributed by atoms with Gasteiger partial charge in [-0.3, -0.25) is 28.8 Å². The van der Waals surface area contributed by atoms with E-state index in [9.17, 15) is 53.7 Å². The average Bonchev–Trinajstić information content (AvgIpc) is 3.14. The van der Waals surface area contributed by atoms with E-state index in [0.29, 0.717) is 12.8 Å². The molecule has 0 aromatic carbocycles. The maximum Gasteiger partial charge on any atom is 0.326 e. The number of unbranched alkanes of at least 4 members (excludes halogenated alkanes) is 11. The van der Waals surface area contributed by atoms with Crippen molar-refractivity contribution in [3.63, 3.8) is 0 Å². The fourth-order valence-electron chi connectivity index (χ4n) is 5.82. The lowest BCUT2D eigenvalue weighted by Gasteiger charge is -2.24. The molecule has 0 aliphatic rings. The molecular weight excluding hydrogens is 736 g/mol. The van der Waals surface area contributed by atoms with Crippen molar-refractivity contribution in [2.24, 2.45) is 0 Å². The van der Waals surface area contributed by atoms with Gasteiger partial charge in [0.2, 0.25) is 23.6 Å². The molecule has 0 fully saturated rings. The molecule has 18 heteroatoms. The molecule has 1 unspecified atom stereocenters. The number of hydrogen-bond donors (Lipinski definition) is 9. The summed E-state index contributed by atoms with van der Waals surface area (Å²) in [6.45, 7) is 1.01. The Hall–Kier alpha value is -4.16. The Kier molecular flexibility index (Phi) is 29.6. The second kappa shape index (κ2) is 32.0. The van der Waals surface area contributed by atoms with Crippen LogP contribution in [-0.2, 0) is 43.1 Å².